The highest BCUT2D eigenvalue weighted by atomic mass is 32.1. The van der Waals surface area contributed by atoms with Gasteiger partial charge in [0.25, 0.3) is 0 Å². The molecule has 1 saturated heterocycles. The lowest BCUT2D eigenvalue weighted by molar-refractivity contribution is -0.0363. The Labute approximate surface area is 201 Å². The molecule has 1 saturated carbocycles. The molecule has 1 aliphatic carbocycles. The van der Waals surface area contributed by atoms with Crippen LogP contribution in [0.5, 0.6) is 0 Å². The van der Waals surface area contributed by atoms with Gasteiger partial charge in [-0.25, -0.2) is 14.8 Å². The molecule has 172 valence electrons. The number of thiazole rings is 1. The molecule has 0 amide bonds. The Balaban J connectivity index is 1.21. The Morgan fingerprint density at radius 2 is 1.91 bits per heavy atom. The van der Waals surface area contributed by atoms with Crippen molar-refractivity contribution in [3.8, 4) is 10.6 Å². The smallest absolute Gasteiger partial charge is 0.450 e. The number of carboxylic acid groups (broad SMARTS) is 1. The number of likely N-dealkylation sites (tertiary alicyclic amines) is 1. The van der Waals surface area contributed by atoms with Gasteiger partial charge in [-0.05, 0) is 48.6 Å². The lowest BCUT2D eigenvalue weighted by atomic mass is 9.92. The summed E-state index contributed by atoms with van der Waals surface area (Å²) >= 11 is 1.65. The fourth-order valence-corrected chi connectivity index (χ4v) is 5.99. The summed E-state index contributed by atoms with van der Waals surface area (Å²) in [6.45, 7) is 4.19. The topological polar surface area (TPSA) is 75.5 Å². The Kier molecular flexibility index (Phi) is 5.12. The molecular formula is C27H25N3O3S. The molecule has 2 aliphatic rings. The van der Waals surface area contributed by atoms with E-state index in [0.717, 1.165) is 46.0 Å². The number of benzene rings is 2. The van der Waals surface area contributed by atoms with Crippen LogP contribution in [-0.2, 0) is 16.7 Å². The molecule has 7 heteroatoms. The molecule has 3 heterocycles. The van der Waals surface area contributed by atoms with Gasteiger partial charge in [-0.3, -0.25) is 4.90 Å². The van der Waals surface area contributed by atoms with Gasteiger partial charge in [-0.1, -0.05) is 59.9 Å². The number of rotatable bonds is 6. The predicted molar refractivity (Wildman–Crippen MR) is 132 cm³/mol. The van der Waals surface area contributed by atoms with Crippen LogP contribution in [0.25, 0.3) is 20.9 Å². The van der Waals surface area contributed by atoms with Crippen LogP contribution >= 0.6 is 11.3 Å². The number of aryl methyl sites for hydroxylation is 1. The van der Waals surface area contributed by atoms with Crippen LogP contribution in [0.4, 0.5) is 4.79 Å². The number of hydrogen-bond acceptors (Lipinski definition) is 6. The van der Waals surface area contributed by atoms with Gasteiger partial charge >= 0.3 is 6.16 Å². The van der Waals surface area contributed by atoms with Gasteiger partial charge in [0.05, 0.1) is 5.69 Å². The average molecular weight is 472 g/mol. The van der Waals surface area contributed by atoms with E-state index in [0.29, 0.717) is 13.1 Å². The summed E-state index contributed by atoms with van der Waals surface area (Å²) in [5.74, 6) is 0. The summed E-state index contributed by atoms with van der Waals surface area (Å²) in [6, 6.07) is 21.4. The van der Waals surface area contributed by atoms with E-state index in [-0.39, 0.29) is 11.5 Å². The third kappa shape index (κ3) is 3.85. The zero-order valence-electron chi connectivity index (χ0n) is 18.9. The lowest BCUT2D eigenvalue weighted by Crippen LogP contribution is -2.52. The number of ether oxygens (including phenoxy) is 1. The highest BCUT2D eigenvalue weighted by Gasteiger charge is 2.47. The summed E-state index contributed by atoms with van der Waals surface area (Å²) < 4.78 is 4.80. The second-order valence-electron chi connectivity index (χ2n) is 9.34. The molecule has 2 fully saturated rings. The minimum atomic E-state index is -1.20. The van der Waals surface area contributed by atoms with Crippen molar-refractivity contribution >= 4 is 27.8 Å². The first-order valence-electron chi connectivity index (χ1n) is 11.6. The van der Waals surface area contributed by atoms with E-state index >= 15 is 0 Å². The lowest BCUT2D eigenvalue weighted by Gasteiger charge is -2.37. The van der Waals surface area contributed by atoms with Gasteiger partial charge in [0, 0.05) is 30.6 Å². The van der Waals surface area contributed by atoms with Gasteiger partial charge in [-0.2, -0.15) is 0 Å². The van der Waals surface area contributed by atoms with Crippen molar-refractivity contribution in [2.24, 2.45) is 0 Å². The normalized spacial score (nSPS) is 17.4. The van der Waals surface area contributed by atoms with E-state index in [9.17, 15) is 4.79 Å². The molecule has 6 rings (SSSR count). The van der Waals surface area contributed by atoms with E-state index in [1.165, 1.54) is 16.7 Å². The molecular weight excluding hydrogens is 446 g/mol. The van der Waals surface area contributed by atoms with Crippen molar-refractivity contribution in [1.29, 1.82) is 0 Å². The largest absolute Gasteiger partial charge is 0.506 e. The van der Waals surface area contributed by atoms with Crippen molar-refractivity contribution in [2.75, 3.05) is 13.1 Å². The maximum atomic E-state index is 10.6. The molecule has 34 heavy (non-hydrogen) atoms. The van der Waals surface area contributed by atoms with E-state index in [1.54, 1.807) is 11.3 Å². The zero-order valence-corrected chi connectivity index (χ0v) is 19.7. The van der Waals surface area contributed by atoms with Gasteiger partial charge in [0.1, 0.15) is 21.5 Å². The van der Waals surface area contributed by atoms with E-state index in [2.05, 4.69) is 72.5 Å². The summed E-state index contributed by atoms with van der Waals surface area (Å²) in [6.07, 6.45) is 0.869. The molecule has 6 nitrogen and oxygen atoms in total. The fraction of sp³-hybridized carbons (Fsp3) is 0.296. The van der Waals surface area contributed by atoms with Crippen LogP contribution in [0.3, 0.4) is 0 Å². The monoisotopic (exact) mass is 471 g/mol. The number of aromatic nitrogens is 2. The number of nitrogens with zero attached hydrogens (tertiary/aromatic N) is 3. The quantitative estimate of drug-likeness (QED) is 0.368. The summed E-state index contributed by atoms with van der Waals surface area (Å²) in [4.78, 5) is 23.8. The Morgan fingerprint density at radius 3 is 2.62 bits per heavy atom. The first-order chi connectivity index (χ1) is 16.5. The molecule has 0 radical (unpaired) electrons. The van der Waals surface area contributed by atoms with Crippen molar-refractivity contribution in [3.05, 3.63) is 83.0 Å². The first kappa shape index (κ1) is 21.3. The minimum Gasteiger partial charge on any atom is -0.450 e. The van der Waals surface area contributed by atoms with Crippen molar-refractivity contribution in [2.45, 2.75) is 37.8 Å². The molecule has 1 aliphatic heterocycles. The number of carbonyl (C=O) groups is 1. The molecule has 2 aromatic carbocycles. The molecule has 2 aromatic heterocycles. The maximum Gasteiger partial charge on any atom is 0.506 e. The Morgan fingerprint density at radius 1 is 1.12 bits per heavy atom. The van der Waals surface area contributed by atoms with Crippen molar-refractivity contribution in [3.63, 3.8) is 0 Å². The number of fused-ring (bicyclic) bond motifs is 1. The highest BCUT2D eigenvalue weighted by Crippen LogP contribution is 2.53. The Hall–Kier alpha value is -3.29. The van der Waals surface area contributed by atoms with Gasteiger partial charge in [0.15, 0.2) is 0 Å². The van der Waals surface area contributed by atoms with E-state index in [1.807, 2.05) is 0 Å². The van der Waals surface area contributed by atoms with Crippen LogP contribution in [0.1, 0.15) is 35.2 Å². The third-order valence-electron chi connectivity index (χ3n) is 6.94. The molecule has 0 unspecified atom stereocenters. The van der Waals surface area contributed by atoms with Crippen molar-refractivity contribution in [1.82, 2.24) is 14.9 Å². The molecule has 1 N–H and O–H groups in total. The summed E-state index contributed by atoms with van der Waals surface area (Å²) in [5, 5.41) is 9.71. The summed E-state index contributed by atoms with van der Waals surface area (Å²) in [5.41, 5.74) is 7.01. The van der Waals surface area contributed by atoms with Gasteiger partial charge in [-0.15, -0.1) is 0 Å². The second-order valence-corrected chi connectivity index (χ2v) is 10.3. The highest BCUT2D eigenvalue weighted by molar-refractivity contribution is 7.21. The minimum absolute atomic E-state index is 0.0581. The second kappa shape index (κ2) is 8.18. The zero-order chi connectivity index (χ0) is 23.3. The molecule has 0 bridgehead atoms. The van der Waals surface area contributed by atoms with E-state index in [4.69, 9.17) is 19.8 Å². The van der Waals surface area contributed by atoms with Crippen LogP contribution in [0.2, 0.25) is 0 Å². The van der Waals surface area contributed by atoms with Gasteiger partial charge < -0.3 is 9.84 Å². The fourth-order valence-electron chi connectivity index (χ4n) is 4.96. The van der Waals surface area contributed by atoms with Crippen molar-refractivity contribution < 1.29 is 14.6 Å². The van der Waals surface area contributed by atoms with Crippen LogP contribution in [-0.4, -0.2) is 45.3 Å². The number of hydrogen-bond donors (Lipinski definition) is 1. The Bertz CT molecular complexity index is 1370. The maximum absolute atomic E-state index is 10.6. The van der Waals surface area contributed by atoms with Crippen LogP contribution in [0.15, 0.2) is 60.7 Å². The third-order valence-corrected chi connectivity index (χ3v) is 7.94. The van der Waals surface area contributed by atoms with Crippen LogP contribution in [0, 0.1) is 6.92 Å². The SMILES string of the molecule is Cc1cc(CN2CC(OC(=O)O)C2)ccc1-c1nc2ccc(C3(c4ccccc4)CC3)nc2s1. The van der Waals surface area contributed by atoms with Crippen LogP contribution < -0.4 is 0 Å². The predicted octanol–water partition coefficient (Wildman–Crippen LogP) is 5.63. The molecule has 0 spiro atoms. The standard InChI is InChI=1S/C27H25N3O3S/c1-17-13-18(14-30-15-20(16-30)33-26(31)32)7-8-21(17)24-28-22-9-10-23(29-25(22)34-24)27(11-12-27)19-5-3-2-4-6-19/h2-10,13,20H,11-12,14-16H2,1H3,(H,31,32). The molecule has 4 aromatic rings. The first-order valence-corrected chi connectivity index (χ1v) is 12.4. The molecule has 0 atom stereocenters. The number of pyridine rings is 1. The van der Waals surface area contributed by atoms with E-state index < -0.39 is 6.16 Å². The average Bonchev–Trinajstić information content (AvgIpc) is 3.51. The van der Waals surface area contributed by atoms with Gasteiger partial charge in [0.2, 0.25) is 0 Å². The summed E-state index contributed by atoms with van der Waals surface area (Å²) in [7, 11) is 0.